The van der Waals surface area contributed by atoms with Crippen LogP contribution in [0.25, 0.3) is 0 Å². The van der Waals surface area contributed by atoms with Crippen LogP contribution in [0.1, 0.15) is 30.5 Å². The number of hydroxylamine groups is 2. The van der Waals surface area contributed by atoms with E-state index in [0.717, 1.165) is 18.2 Å². The molecule has 4 heterocycles. The lowest BCUT2D eigenvalue weighted by molar-refractivity contribution is -0.202. The summed E-state index contributed by atoms with van der Waals surface area (Å²) in [4.78, 5) is 40.6. The van der Waals surface area contributed by atoms with Gasteiger partial charge in [-0.2, -0.15) is 5.06 Å². The second kappa shape index (κ2) is 11.8. The highest BCUT2D eigenvalue weighted by atomic mass is 35.5. The van der Waals surface area contributed by atoms with Crippen LogP contribution >= 0.6 is 22.9 Å². The normalized spacial score (nSPS) is 24.8. The highest BCUT2D eigenvalue weighted by Crippen LogP contribution is 2.43. The van der Waals surface area contributed by atoms with Gasteiger partial charge in [0.25, 0.3) is 5.92 Å². The maximum atomic E-state index is 15.5. The zero-order chi connectivity index (χ0) is 31.3. The van der Waals surface area contributed by atoms with Gasteiger partial charge < -0.3 is 20.3 Å². The molecule has 3 N–H and O–H groups in total. The molecule has 0 aliphatic carbocycles. The summed E-state index contributed by atoms with van der Waals surface area (Å²) in [5, 5.41) is 25.9. The van der Waals surface area contributed by atoms with Crippen LogP contribution in [0.3, 0.4) is 0 Å². The number of aliphatic hydroxyl groups is 1. The van der Waals surface area contributed by atoms with Crippen molar-refractivity contribution < 1.29 is 42.5 Å². The smallest absolute Gasteiger partial charge is 0.338 e. The summed E-state index contributed by atoms with van der Waals surface area (Å²) in [5.74, 6) is -5.93. The fraction of sp³-hybridized carbons (Fsp3) is 0.481. The molecule has 2 saturated heterocycles. The number of rotatable bonds is 9. The van der Waals surface area contributed by atoms with Crippen LogP contribution in [0.5, 0.6) is 0 Å². The minimum atomic E-state index is -3.33. The topological polar surface area (TPSA) is 137 Å². The number of carbonyl (C=O) groups excluding carboxylic acids is 1. The monoisotopic (exact) mass is 643 g/mol. The summed E-state index contributed by atoms with van der Waals surface area (Å²) < 4.78 is 50.6. The second-order valence-electron chi connectivity index (χ2n) is 11.0. The number of carboxylic acid groups (broad SMARTS) is 1. The molecule has 11 nitrogen and oxygen atoms in total. The number of benzene rings is 1. The van der Waals surface area contributed by atoms with E-state index in [9.17, 15) is 24.2 Å². The number of nitrogens with one attached hydrogen (secondary N) is 1. The Kier molecular flexibility index (Phi) is 8.59. The molecule has 0 unspecified atom stereocenters. The predicted molar refractivity (Wildman–Crippen MR) is 149 cm³/mol. The van der Waals surface area contributed by atoms with Crippen LogP contribution in [0, 0.1) is 11.2 Å². The number of esters is 1. The first kappa shape index (κ1) is 31.3. The van der Waals surface area contributed by atoms with Crippen LogP contribution in [0.2, 0.25) is 5.02 Å². The number of aliphatic imine (C=N–C) groups is 1. The molecule has 3 aliphatic rings. The second-order valence-corrected chi connectivity index (χ2v) is 12.3. The fourth-order valence-corrected chi connectivity index (χ4v) is 6.19. The molecule has 232 valence electrons. The number of nitrogens with zero attached hydrogens (tertiary/aromatic N) is 4. The van der Waals surface area contributed by atoms with Crippen molar-refractivity contribution in [3.8, 4) is 0 Å². The molecule has 3 aliphatic heterocycles. The molecule has 43 heavy (non-hydrogen) atoms. The lowest BCUT2D eigenvalue weighted by Crippen LogP contribution is -2.51. The maximum Gasteiger partial charge on any atom is 0.338 e. The Morgan fingerprint density at radius 2 is 2.12 bits per heavy atom. The average Bonchev–Trinajstić information content (AvgIpc) is 3.69. The Morgan fingerprint density at radius 3 is 2.77 bits per heavy atom. The number of thiazole rings is 1. The van der Waals surface area contributed by atoms with Crippen molar-refractivity contribution in [1.82, 2.24) is 20.3 Å². The van der Waals surface area contributed by atoms with Crippen molar-refractivity contribution in [1.29, 1.82) is 0 Å². The molecule has 0 amide bonds. The van der Waals surface area contributed by atoms with Crippen molar-refractivity contribution in [3.05, 3.63) is 62.5 Å². The SMILES string of the molecule is COC(=O)C1=C(CN2CC(F)(F)[C@H]3[C@@H]2CON3C[C@H](O)C(C)(C)C(=O)O)NC(c2nccs2)=N[C@H]1c1cccc(F)c1Cl. The van der Waals surface area contributed by atoms with Gasteiger partial charge in [-0.15, -0.1) is 11.3 Å². The van der Waals surface area contributed by atoms with Gasteiger partial charge in [0.1, 0.15) is 17.9 Å². The molecule has 2 aromatic rings. The van der Waals surface area contributed by atoms with Gasteiger partial charge >= 0.3 is 11.9 Å². The lowest BCUT2D eigenvalue weighted by Gasteiger charge is -2.32. The van der Waals surface area contributed by atoms with Crippen molar-refractivity contribution in [2.45, 2.75) is 44.0 Å². The predicted octanol–water partition coefficient (Wildman–Crippen LogP) is 2.86. The minimum absolute atomic E-state index is 0.0449. The van der Waals surface area contributed by atoms with E-state index in [4.69, 9.17) is 21.2 Å². The quantitative estimate of drug-likeness (QED) is 0.350. The average molecular weight is 644 g/mol. The summed E-state index contributed by atoms with van der Waals surface area (Å²) in [6.07, 6.45) is 0.0417. The number of carboxylic acids is 1. The van der Waals surface area contributed by atoms with E-state index in [-0.39, 0.29) is 40.8 Å². The number of amidine groups is 1. The van der Waals surface area contributed by atoms with E-state index in [1.807, 2.05) is 0 Å². The van der Waals surface area contributed by atoms with Gasteiger partial charge in [0.2, 0.25) is 0 Å². The highest BCUT2D eigenvalue weighted by molar-refractivity contribution is 7.11. The molecular weight excluding hydrogens is 615 g/mol. The zero-order valence-electron chi connectivity index (χ0n) is 23.3. The van der Waals surface area contributed by atoms with E-state index in [1.165, 1.54) is 42.2 Å². The van der Waals surface area contributed by atoms with E-state index in [1.54, 1.807) is 11.6 Å². The van der Waals surface area contributed by atoms with Crippen molar-refractivity contribution in [2.75, 3.05) is 33.4 Å². The summed E-state index contributed by atoms with van der Waals surface area (Å²) >= 11 is 7.55. The number of carbonyl (C=O) groups is 2. The third kappa shape index (κ3) is 5.77. The third-order valence-corrected chi connectivity index (χ3v) is 9.12. The number of hydrogen-bond acceptors (Lipinski definition) is 11. The Labute approximate surface area is 253 Å². The Hall–Kier alpha value is -3.08. The van der Waals surface area contributed by atoms with Gasteiger partial charge in [-0.3, -0.25) is 19.5 Å². The summed E-state index contributed by atoms with van der Waals surface area (Å²) in [7, 11) is 1.16. The van der Waals surface area contributed by atoms with E-state index in [2.05, 4.69) is 15.3 Å². The summed E-state index contributed by atoms with van der Waals surface area (Å²) in [5.41, 5.74) is -1.30. The molecule has 2 fully saturated rings. The zero-order valence-corrected chi connectivity index (χ0v) is 24.8. The van der Waals surface area contributed by atoms with Crippen LogP contribution in [-0.4, -0.2) is 100 Å². The molecule has 0 spiro atoms. The first-order chi connectivity index (χ1) is 20.3. The van der Waals surface area contributed by atoms with Crippen molar-refractivity contribution in [3.63, 3.8) is 0 Å². The molecule has 0 radical (unpaired) electrons. The van der Waals surface area contributed by atoms with Crippen LogP contribution < -0.4 is 5.32 Å². The fourth-order valence-electron chi connectivity index (χ4n) is 5.37. The number of likely N-dealkylation sites (tertiary alicyclic amines) is 1. The molecule has 1 aromatic carbocycles. The van der Waals surface area contributed by atoms with Crippen LogP contribution in [0.15, 0.2) is 46.0 Å². The molecular formula is C27H29ClF3N5O6S. The Balaban J connectivity index is 1.50. The van der Waals surface area contributed by atoms with Gasteiger partial charge in [0.15, 0.2) is 10.8 Å². The largest absolute Gasteiger partial charge is 0.481 e. The standard InChI is InChI=1S/C27H29ClF3N5O6S/c1-26(2,25(39)40)17(37)10-36-21-16(11-42-36)35(12-27(21,30)31)9-15-18(24(38)41-3)20(13-5-4-6-14(29)19(13)28)34-22(33-15)23-32-7-8-43-23/h4-8,16-17,20-21,37H,9-12H2,1-3H3,(H,33,34)(H,39,40)/t16-,17-,20-,21+/m0/s1. The minimum Gasteiger partial charge on any atom is -0.481 e. The number of alkyl halides is 2. The van der Waals surface area contributed by atoms with Gasteiger partial charge in [0.05, 0.1) is 55.0 Å². The number of β-amino-alcohol motifs (C(OH)–C–C–N with tert-alkyl or cyclic N) is 1. The molecule has 0 bridgehead atoms. The number of aliphatic hydroxyl groups excluding tert-OH is 1. The number of halogens is 4. The Morgan fingerprint density at radius 1 is 1.37 bits per heavy atom. The maximum absolute atomic E-state index is 15.5. The van der Waals surface area contributed by atoms with E-state index >= 15 is 8.78 Å². The first-order valence-electron chi connectivity index (χ1n) is 13.2. The van der Waals surface area contributed by atoms with E-state index < -0.39 is 66.4 Å². The van der Waals surface area contributed by atoms with Gasteiger partial charge in [0, 0.05) is 29.4 Å². The number of fused-ring (bicyclic) bond motifs is 1. The number of methoxy groups -OCH3 is 1. The molecule has 5 rings (SSSR count). The Bertz CT molecular complexity index is 1470. The molecule has 16 heteroatoms. The van der Waals surface area contributed by atoms with Crippen LogP contribution in [0.4, 0.5) is 13.2 Å². The highest BCUT2D eigenvalue weighted by Gasteiger charge is 2.61. The van der Waals surface area contributed by atoms with Gasteiger partial charge in [-0.05, 0) is 19.9 Å². The van der Waals surface area contributed by atoms with Crippen molar-refractivity contribution >= 4 is 40.7 Å². The molecule has 0 saturated carbocycles. The first-order valence-corrected chi connectivity index (χ1v) is 14.4. The third-order valence-electron chi connectivity index (χ3n) is 7.94. The van der Waals surface area contributed by atoms with Gasteiger partial charge in [-0.25, -0.2) is 22.9 Å². The lowest BCUT2D eigenvalue weighted by atomic mass is 9.86. The molecule has 1 aromatic heterocycles. The molecule has 4 atom stereocenters. The van der Waals surface area contributed by atoms with Crippen LogP contribution in [-0.2, 0) is 19.2 Å². The number of hydrogen-bond donors (Lipinski definition) is 3. The van der Waals surface area contributed by atoms with E-state index in [0.29, 0.717) is 5.01 Å². The van der Waals surface area contributed by atoms with Crippen molar-refractivity contribution in [2.24, 2.45) is 10.4 Å². The number of aromatic nitrogens is 1. The number of aliphatic carboxylic acids is 1. The van der Waals surface area contributed by atoms with Gasteiger partial charge in [-0.1, -0.05) is 23.7 Å². The summed E-state index contributed by atoms with van der Waals surface area (Å²) in [6.45, 7) is 1.02. The number of ether oxygens (including phenoxy) is 1. The summed E-state index contributed by atoms with van der Waals surface area (Å²) in [6, 6.07) is 0.557.